The van der Waals surface area contributed by atoms with E-state index in [9.17, 15) is 4.79 Å². The van der Waals surface area contributed by atoms with Gasteiger partial charge in [-0.25, -0.2) is 0 Å². The molecule has 1 aromatic heterocycles. The van der Waals surface area contributed by atoms with E-state index in [1.54, 1.807) is 37.7 Å². The highest BCUT2D eigenvalue weighted by Crippen LogP contribution is 2.31. The van der Waals surface area contributed by atoms with Crippen molar-refractivity contribution < 1.29 is 19.0 Å². The Morgan fingerprint density at radius 3 is 3.05 bits per heavy atom. The van der Waals surface area contributed by atoms with Crippen LogP contribution in [0.25, 0.3) is 0 Å². The number of rotatable bonds is 7. The Kier molecular flexibility index (Phi) is 5.20. The van der Waals surface area contributed by atoms with Gasteiger partial charge in [-0.05, 0) is 26.0 Å². The van der Waals surface area contributed by atoms with Crippen LogP contribution in [0.15, 0.2) is 29.5 Å². The van der Waals surface area contributed by atoms with Crippen molar-refractivity contribution in [1.82, 2.24) is 4.98 Å². The SMILES string of the molecule is CCOC(=O)C(C=Nc1cccnc1)C1OC1OCC. The fourth-order valence-corrected chi connectivity index (χ4v) is 1.78. The van der Waals surface area contributed by atoms with E-state index in [0.717, 1.165) is 0 Å². The molecule has 0 saturated carbocycles. The van der Waals surface area contributed by atoms with Crippen molar-refractivity contribution in [2.75, 3.05) is 13.2 Å². The molecule has 0 bridgehead atoms. The molecular formula is C14H18N2O4. The van der Waals surface area contributed by atoms with Crippen LogP contribution in [0, 0.1) is 5.92 Å². The normalized spacial score (nSPS) is 22.7. The standard InChI is InChI=1S/C14H18N2O4/c1-3-18-13(17)11(12-14(20-12)19-4-2)9-16-10-6-5-7-15-8-10/h5-9,11-12,14H,3-4H2,1-2H3. The third-order valence-corrected chi connectivity index (χ3v) is 2.76. The quantitative estimate of drug-likeness (QED) is 0.431. The maximum atomic E-state index is 11.9. The highest BCUT2D eigenvalue weighted by molar-refractivity contribution is 5.92. The average Bonchev–Trinajstić information content (AvgIpc) is 3.20. The summed E-state index contributed by atoms with van der Waals surface area (Å²) >= 11 is 0. The van der Waals surface area contributed by atoms with Crippen molar-refractivity contribution in [1.29, 1.82) is 0 Å². The molecule has 2 rings (SSSR count). The van der Waals surface area contributed by atoms with Gasteiger partial charge in [-0.2, -0.15) is 0 Å². The van der Waals surface area contributed by atoms with Crippen LogP contribution in [-0.4, -0.2) is 42.8 Å². The van der Waals surface area contributed by atoms with E-state index in [2.05, 4.69) is 9.98 Å². The summed E-state index contributed by atoms with van der Waals surface area (Å²) in [6, 6.07) is 3.59. The van der Waals surface area contributed by atoms with Gasteiger partial charge in [-0.1, -0.05) is 0 Å². The molecule has 6 heteroatoms. The molecule has 108 valence electrons. The highest BCUT2D eigenvalue weighted by atomic mass is 16.8. The van der Waals surface area contributed by atoms with Crippen LogP contribution in [0.1, 0.15) is 13.8 Å². The lowest BCUT2D eigenvalue weighted by Crippen LogP contribution is -2.26. The first-order valence-electron chi connectivity index (χ1n) is 6.64. The number of aliphatic imine (C=N–C) groups is 1. The Labute approximate surface area is 117 Å². The third kappa shape index (κ3) is 3.85. The predicted octanol–water partition coefficient (Wildman–Crippen LogP) is 1.72. The number of hydrogen-bond donors (Lipinski definition) is 0. The molecule has 0 spiro atoms. The first-order chi connectivity index (χ1) is 9.76. The van der Waals surface area contributed by atoms with Crippen molar-refractivity contribution in [3.05, 3.63) is 24.5 Å². The summed E-state index contributed by atoms with van der Waals surface area (Å²) in [7, 11) is 0. The smallest absolute Gasteiger partial charge is 0.317 e. The lowest BCUT2D eigenvalue weighted by Gasteiger charge is -2.08. The molecule has 1 aromatic rings. The molecule has 0 N–H and O–H groups in total. The lowest BCUT2D eigenvalue weighted by molar-refractivity contribution is -0.146. The molecule has 0 aliphatic carbocycles. The van der Waals surface area contributed by atoms with E-state index in [-0.39, 0.29) is 18.4 Å². The van der Waals surface area contributed by atoms with Gasteiger partial charge in [0, 0.05) is 19.0 Å². The largest absolute Gasteiger partial charge is 0.465 e. The molecule has 3 atom stereocenters. The Balaban J connectivity index is 2.03. The molecule has 3 unspecified atom stereocenters. The van der Waals surface area contributed by atoms with Crippen molar-refractivity contribution >= 4 is 17.9 Å². The van der Waals surface area contributed by atoms with Gasteiger partial charge in [0.15, 0.2) is 6.29 Å². The third-order valence-electron chi connectivity index (χ3n) is 2.76. The van der Waals surface area contributed by atoms with E-state index >= 15 is 0 Å². The van der Waals surface area contributed by atoms with Gasteiger partial charge in [0.2, 0.25) is 0 Å². The van der Waals surface area contributed by atoms with Crippen molar-refractivity contribution in [3.8, 4) is 0 Å². The molecule has 1 aliphatic heterocycles. The highest BCUT2D eigenvalue weighted by Gasteiger charge is 2.49. The fraction of sp³-hybridized carbons (Fsp3) is 0.500. The van der Waals surface area contributed by atoms with Gasteiger partial charge in [-0.15, -0.1) is 0 Å². The Hall–Kier alpha value is -1.79. The number of pyridine rings is 1. The molecule has 2 heterocycles. The molecule has 1 saturated heterocycles. The van der Waals surface area contributed by atoms with Crippen LogP contribution in [0.4, 0.5) is 5.69 Å². The summed E-state index contributed by atoms with van der Waals surface area (Å²) in [5.74, 6) is -0.918. The molecular weight excluding hydrogens is 260 g/mol. The summed E-state index contributed by atoms with van der Waals surface area (Å²) in [6.45, 7) is 4.50. The Morgan fingerprint density at radius 2 is 2.40 bits per heavy atom. The second-order valence-electron chi connectivity index (χ2n) is 4.19. The lowest BCUT2D eigenvalue weighted by atomic mass is 10.1. The van der Waals surface area contributed by atoms with Gasteiger partial charge in [0.25, 0.3) is 0 Å². The van der Waals surface area contributed by atoms with Gasteiger partial charge < -0.3 is 14.2 Å². The van der Waals surface area contributed by atoms with Crippen LogP contribution in [0.2, 0.25) is 0 Å². The van der Waals surface area contributed by atoms with E-state index in [4.69, 9.17) is 14.2 Å². The van der Waals surface area contributed by atoms with Gasteiger partial charge in [-0.3, -0.25) is 14.8 Å². The number of esters is 1. The van der Waals surface area contributed by atoms with Crippen LogP contribution in [-0.2, 0) is 19.0 Å². The van der Waals surface area contributed by atoms with E-state index in [1.165, 1.54) is 0 Å². The first-order valence-corrected chi connectivity index (χ1v) is 6.64. The van der Waals surface area contributed by atoms with Crippen molar-refractivity contribution in [2.24, 2.45) is 10.9 Å². The van der Waals surface area contributed by atoms with Crippen LogP contribution >= 0.6 is 0 Å². The van der Waals surface area contributed by atoms with Gasteiger partial charge in [0.05, 0.1) is 18.5 Å². The van der Waals surface area contributed by atoms with Crippen LogP contribution in [0.5, 0.6) is 0 Å². The molecule has 0 aromatic carbocycles. The monoisotopic (exact) mass is 278 g/mol. The van der Waals surface area contributed by atoms with E-state index < -0.39 is 5.92 Å². The predicted molar refractivity (Wildman–Crippen MR) is 72.8 cm³/mol. The summed E-state index contributed by atoms with van der Waals surface area (Å²) in [6.07, 6.45) is 4.14. The second kappa shape index (κ2) is 7.12. The van der Waals surface area contributed by atoms with Crippen molar-refractivity contribution in [3.63, 3.8) is 0 Å². The van der Waals surface area contributed by atoms with Gasteiger partial charge >= 0.3 is 5.97 Å². The maximum absolute atomic E-state index is 11.9. The van der Waals surface area contributed by atoms with Crippen molar-refractivity contribution in [2.45, 2.75) is 26.2 Å². The topological polar surface area (TPSA) is 73.3 Å². The number of carbonyl (C=O) groups is 1. The first kappa shape index (κ1) is 14.6. The zero-order valence-corrected chi connectivity index (χ0v) is 11.6. The van der Waals surface area contributed by atoms with E-state index in [0.29, 0.717) is 18.9 Å². The van der Waals surface area contributed by atoms with Crippen LogP contribution in [0.3, 0.4) is 0 Å². The van der Waals surface area contributed by atoms with Crippen LogP contribution < -0.4 is 0 Å². The molecule has 0 amide bonds. The summed E-state index contributed by atoms with van der Waals surface area (Å²) in [4.78, 5) is 20.1. The summed E-state index contributed by atoms with van der Waals surface area (Å²) in [5, 5.41) is 0. The van der Waals surface area contributed by atoms with E-state index in [1.807, 2.05) is 6.92 Å². The summed E-state index contributed by atoms with van der Waals surface area (Å²) < 4.78 is 15.7. The second-order valence-corrected chi connectivity index (χ2v) is 4.19. The minimum Gasteiger partial charge on any atom is -0.465 e. The number of carbonyl (C=O) groups excluding carboxylic acids is 1. The summed E-state index contributed by atoms with van der Waals surface area (Å²) in [5.41, 5.74) is 0.676. The molecule has 1 fully saturated rings. The Morgan fingerprint density at radius 1 is 1.55 bits per heavy atom. The number of aromatic nitrogens is 1. The number of epoxide rings is 1. The molecule has 1 aliphatic rings. The van der Waals surface area contributed by atoms with Gasteiger partial charge in [0.1, 0.15) is 12.0 Å². The molecule has 20 heavy (non-hydrogen) atoms. The average molecular weight is 278 g/mol. The maximum Gasteiger partial charge on any atom is 0.317 e. The molecule has 6 nitrogen and oxygen atoms in total. The minimum atomic E-state index is -0.563. The molecule has 0 radical (unpaired) electrons. The minimum absolute atomic E-state index is 0.322. The fourth-order valence-electron chi connectivity index (χ4n) is 1.78. The zero-order chi connectivity index (χ0) is 14.4. The Bertz CT molecular complexity index is 464. The number of ether oxygens (including phenoxy) is 3. The number of hydrogen-bond acceptors (Lipinski definition) is 6. The zero-order valence-electron chi connectivity index (χ0n) is 11.6. The number of nitrogens with zero attached hydrogens (tertiary/aromatic N) is 2.